The van der Waals surface area contributed by atoms with Crippen LogP contribution < -0.4 is 0 Å². The minimum Gasteiger partial charge on any atom is -0.462 e. The largest absolute Gasteiger partial charge is 0.462 e. The van der Waals surface area contributed by atoms with E-state index in [1.165, 1.54) is 283 Å². The van der Waals surface area contributed by atoms with Crippen molar-refractivity contribution in [2.75, 3.05) is 13.2 Å². The van der Waals surface area contributed by atoms with Gasteiger partial charge >= 0.3 is 17.9 Å². The third kappa shape index (κ3) is 66.4. The van der Waals surface area contributed by atoms with E-state index in [-0.39, 0.29) is 31.1 Å². The molecule has 0 fully saturated rings. The molecule has 0 aliphatic rings. The zero-order valence-electron chi connectivity index (χ0n) is 54.1. The van der Waals surface area contributed by atoms with Gasteiger partial charge in [-0.1, -0.05) is 340 Å². The Hall–Kier alpha value is -2.37. The molecule has 6 nitrogen and oxygen atoms in total. The van der Waals surface area contributed by atoms with Crippen molar-refractivity contribution >= 4 is 17.9 Å². The second kappa shape index (κ2) is 69.1. The maximum atomic E-state index is 12.9. The van der Waals surface area contributed by atoms with Gasteiger partial charge in [-0.25, -0.2) is 0 Å². The predicted octanol–water partition coefficient (Wildman–Crippen LogP) is 24.7. The number of rotatable bonds is 67. The molecule has 80 heavy (non-hydrogen) atoms. The smallest absolute Gasteiger partial charge is 0.306 e. The molecule has 0 saturated carbocycles. The number of unbranched alkanes of at least 4 members (excludes halogenated alkanes) is 50. The number of carbonyl (C=O) groups excluding carboxylic acids is 3. The summed E-state index contributed by atoms with van der Waals surface area (Å²) in [4.78, 5) is 38.3. The molecule has 0 saturated heterocycles. The fourth-order valence-electron chi connectivity index (χ4n) is 10.9. The lowest BCUT2D eigenvalue weighted by atomic mass is 10.0. The van der Waals surface area contributed by atoms with Gasteiger partial charge in [0.1, 0.15) is 13.2 Å². The molecule has 0 aromatic carbocycles. The van der Waals surface area contributed by atoms with Gasteiger partial charge in [-0.2, -0.15) is 0 Å². The monoisotopic (exact) mass is 1120 g/mol. The zero-order valence-corrected chi connectivity index (χ0v) is 54.1. The molecule has 0 aliphatic heterocycles. The lowest BCUT2D eigenvalue weighted by molar-refractivity contribution is -0.167. The maximum Gasteiger partial charge on any atom is 0.306 e. The molecule has 1 atom stereocenters. The second-order valence-corrected chi connectivity index (χ2v) is 24.5. The van der Waals surface area contributed by atoms with E-state index in [2.05, 4.69) is 57.2 Å². The van der Waals surface area contributed by atoms with Crippen LogP contribution in [-0.2, 0) is 28.6 Å². The Balaban J connectivity index is 4.03. The Labute approximate surface area is 499 Å². The Bertz CT molecular complexity index is 1340. The van der Waals surface area contributed by atoms with Crippen LogP contribution in [0.25, 0.3) is 0 Å². The van der Waals surface area contributed by atoms with E-state index >= 15 is 0 Å². The van der Waals surface area contributed by atoms with Crippen LogP contribution in [0, 0.1) is 0 Å². The molecule has 1 unspecified atom stereocenters. The predicted molar refractivity (Wildman–Crippen MR) is 349 cm³/mol. The van der Waals surface area contributed by atoms with Crippen molar-refractivity contribution in [3.8, 4) is 0 Å². The Morgan fingerprint density at radius 2 is 0.450 bits per heavy atom. The lowest BCUT2D eigenvalue weighted by Gasteiger charge is -2.18. The molecule has 6 heteroatoms. The minimum absolute atomic E-state index is 0.0723. The van der Waals surface area contributed by atoms with Crippen LogP contribution in [0.1, 0.15) is 400 Å². The summed E-state index contributed by atoms with van der Waals surface area (Å²) in [6.45, 7) is 6.66. The van der Waals surface area contributed by atoms with Gasteiger partial charge in [0.05, 0.1) is 0 Å². The van der Waals surface area contributed by atoms with Crippen molar-refractivity contribution in [1.82, 2.24) is 0 Å². The zero-order chi connectivity index (χ0) is 57.8. The Morgan fingerprint density at radius 3 is 0.725 bits per heavy atom. The lowest BCUT2D eigenvalue weighted by Crippen LogP contribution is -2.30. The molecule has 470 valence electrons. The quantitative estimate of drug-likeness (QED) is 0.0261. The van der Waals surface area contributed by atoms with E-state index in [0.717, 1.165) is 77.0 Å². The van der Waals surface area contributed by atoms with Crippen LogP contribution >= 0.6 is 0 Å². The molecule has 0 aromatic heterocycles. The molecule has 0 bridgehead atoms. The fraction of sp³-hybridized carbons (Fsp3) is 0.878. The average molecular weight is 1120 g/mol. The molecule has 0 aliphatic carbocycles. The molecule has 0 radical (unpaired) electrons. The number of allylic oxidation sites excluding steroid dienone is 6. The van der Waals surface area contributed by atoms with Crippen molar-refractivity contribution in [1.29, 1.82) is 0 Å². The minimum atomic E-state index is -0.776. The van der Waals surface area contributed by atoms with Crippen LogP contribution in [0.3, 0.4) is 0 Å². The van der Waals surface area contributed by atoms with E-state index in [0.29, 0.717) is 19.3 Å². The van der Waals surface area contributed by atoms with Crippen molar-refractivity contribution < 1.29 is 28.6 Å². The normalized spacial score (nSPS) is 12.2. The second-order valence-electron chi connectivity index (χ2n) is 24.5. The summed E-state index contributed by atoms with van der Waals surface area (Å²) < 4.78 is 16.9. The first-order valence-corrected chi connectivity index (χ1v) is 36.0. The van der Waals surface area contributed by atoms with Crippen molar-refractivity contribution in [3.63, 3.8) is 0 Å². The summed E-state index contributed by atoms with van der Waals surface area (Å²) in [5.74, 6) is -0.861. The van der Waals surface area contributed by atoms with E-state index in [4.69, 9.17) is 14.2 Å². The SMILES string of the molecule is CCCCC/C=C\C/C=C\CCCCCCCC(=O)OC(COC(=O)CCCCCCCCCCCCCC)COC(=O)CCCCCCCCCCCCCCCCCCCCCCCCC/C=C\CCCCCCCCCC. The summed E-state index contributed by atoms with van der Waals surface area (Å²) >= 11 is 0. The number of hydrogen-bond acceptors (Lipinski definition) is 6. The highest BCUT2D eigenvalue weighted by molar-refractivity contribution is 5.71. The van der Waals surface area contributed by atoms with Gasteiger partial charge < -0.3 is 14.2 Å². The molecule has 0 N–H and O–H groups in total. The fourth-order valence-corrected chi connectivity index (χ4v) is 10.9. The first kappa shape index (κ1) is 77.6. The average Bonchev–Trinajstić information content (AvgIpc) is 3.46. The summed E-state index contributed by atoms with van der Waals surface area (Å²) in [6, 6.07) is 0. The van der Waals surface area contributed by atoms with E-state index in [1.54, 1.807) is 0 Å². The highest BCUT2D eigenvalue weighted by Gasteiger charge is 2.19. The Kier molecular flexibility index (Phi) is 67.1. The first-order valence-electron chi connectivity index (χ1n) is 36.0. The summed E-state index contributed by atoms with van der Waals surface area (Å²) in [7, 11) is 0. The first-order chi connectivity index (χ1) is 39.5. The van der Waals surface area contributed by atoms with Gasteiger partial charge in [0.15, 0.2) is 6.10 Å². The third-order valence-electron chi connectivity index (χ3n) is 16.4. The van der Waals surface area contributed by atoms with E-state index in [1.807, 2.05) is 0 Å². The van der Waals surface area contributed by atoms with Crippen molar-refractivity contribution in [2.45, 2.75) is 406 Å². The highest BCUT2D eigenvalue weighted by Crippen LogP contribution is 2.19. The van der Waals surface area contributed by atoms with Gasteiger partial charge in [0.25, 0.3) is 0 Å². The van der Waals surface area contributed by atoms with E-state index < -0.39 is 6.10 Å². The molecular weight excluding hydrogens is 985 g/mol. The van der Waals surface area contributed by atoms with Gasteiger partial charge in [0, 0.05) is 19.3 Å². The number of ether oxygens (including phenoxy) is 3. The van der Waals surface area contributed by atoms with Gasteiger partial charge in [-0.05, 0) is 77.0 Å². The molecule has 0 rings (SSSR count). The highest BCUT2D eigenvalue weighted by atomic mass is 16.6. The van der Waals surface area contributed by atoms with E-state index in [9.17, 15) is 14.4 Å². The van der Waals surface area contributed by atoms with Crippen LogP contribution in [0.15, 0.2) is 36.5 Å². The topological polar surface area (TPSA) is 78.9 Å². The summed E-state index contributed by atoms with van der Waals surface area (Å²) in [5, 5.41) is 0. The number of carbonyl (C=O) groups is 3. The standard InChI is InChI=1S/C74H138O6/c1-4-7-10-13-16-19-22-25-27-28-29-30-31-32-33-34-35-36-37-38-39-40-41-42-43-44-45-46-48-49-52-55-58-61-64-67-73(76)79-70-71(69-78-72(75)66-63-60-57-54-51-24-21-18-15-12-9-6-3)80-74(77)68-65-62-59-56-53-50-47-26-23-20-17-14-11-8-5-2/h17,20,26,28-29,47,71H,4-16,18-19,21-25,27,30-46,48-70H2,1-3H3/b20-17-,29-28-,47-26-. The number of hydrogen-bond donors (Lipinski definition) is 0. The van der Waals surface area contributed by atoms with Crippen LogP contribution in [0.4, 0.5) is 0 Å². The Morgan fingerprint density at radius 1 is 0.250 bits per heavy atom. The van der Waals surface area contributed by atoms with Crippen LogP contribution in [0.5, 0.6) is 0 Å². The molecular formula is C74H138O6. The van der Waals surface area contributed by atoms with Gasteiger partial charge in [-0.15, -0.1) is 0 Å². The van der Waals surface area contributed by atoms with Gasteiger partial charge in [-0.3, -0.25) is 14.4 Å². The van der Waals surface area contributed by atoms with Crippen molar-refractivity contribution in [3.05, 3.63) is 36.5 Å². The third-order valence-corrected chi connectivity index (χ3v) is 16.4. The van der Waals surface area contributed by atoms with Crippen molar-refractivity contribution in [2.24, 2.45) is 0 Å². The van der Waals surface area contributed by atoms with Crippen LogP contribution in [-0.4, -0.2) is 37.2 Å². The molecule has 0 spiro atoms. The molecule has 0 amide bonds. The maximum absolute atomic E-state index is 12.9. The summed E-state index contributed by atoms with van der Waals surface area (Å²) in [6.07, 6.45) is 86.3. The summed E-state index contributed by atoms with van der Waals surface area (Å²) in [5.41, 5.74) is 0. The molecule has 0 aromatic rings. The number of esters is 3. The van der Waals surface area contributed by atoms with Crippen LogP contribution in [0.2, 0.25) is 0 Å². The van der Waals surface area contributed by atoms with Gasteiger partial charge in [0.2, 0.25) is 0 Å². The molecule has 0 heterocycles.